The van der Waals surface area contributed by atoms with Gasteiger partial charge in [0, 0.05) is 19.2 Å². The number of nitro benzene ring substituents is 1. The van der Waals surface area contributed by atoms with Crippen LogP contribution in [0.15, 0.2) is 22.7 Å². The van der Waals surface area contributed by atoms with Crippen LogP contribution < -0.4 is 0 Å². The maximum atomic E-state index is 11.5. The van der Waals surface area contributed by atoms with Crippen molar-refractivity contribution in [1.29, 1.82) is 0 Å². The topological polar surface area (TPSA) is 72.7 Å². The Labute approximate surface area is 125 Å². The second-order valence-electron chi connectivity index (χ2n) is 4.79. The lowest BCUT2D eigenvalue weighted by atomic mass is 10.1. The lowest BCUT2D eigenvalue weighted by Gasteiger charge is -2.15. The Morgan fingerprint density at radius 3 is 3.00 bits per heavy atom. The molecule has 1 saturated heterocycles. The molecule has 0 bridgehead atoms. The Morgan fingerprint density at radius 1 is 1.60 bits per heavy atom. The molecule has 0 saturated carbocycles. The van der Waals surface area contributed by atoms with E-state index in [0.29, 0.717) is 17.6 Å². The number of hydrogen-bond acceptors (Lipinski definition) is 5. The van der Waals surface area contributed by atoms with Crippen molar-refractivity contribution in [1.82, 2.24) is 4.90 Å². The molecule has 0 aliphatic carbocycles. The fourth-order valence-corrected chi connectivity index (χ4v) is 2.78. The first-order valence-corrected chi connectivity index (χ1v) is 7.03. The maximum absolute atomic E-state index is 11.5. The van der Waals surface area contributed by atoms with Gasteiger partial charge in [0.1, 0.15) is 0 Å². The van der Waals surface area contributed by atoms with E-state index in [1.165, 1.54) is 7.11 Å². The number of nitro groups is 1. The number of ether oxygens (including phenoxy) is 1. The summed E-state index contributed by atoms with van der Waals surface area (Å²) in [5.74, 6) is -0.278. The lowest BCUT2D eigenvalue weighted by Crippen LogP contribution is -2.23. The van der Waals surface area contributed by atoms with Crippen LogP contribution in [-0.4, -0.2) is 36.0 Å². The summed E-state index contributed by atoms with van der Waals surface area (Å²) in [4.78, 5) is 24.0. The first kappa shape index (κ1) is 14.9. The van der Waals surface area contributed by atoms with Crippen LogP contribution in [0.2, 0.25) is 0 Å². The van der Waals surface area contributed by atoms with Crippen LogP contribution in [0.25, 0.3) is 0 Å². The molecule has 0 spiro atoms. The largest absolute Gasteiger partial charge is 0.469 e. The van der Waals surface area contributed by atoms with Gasteiger partial charge in [-0.3, -0.25) is 19.8 Å². The van der Waals surface area contributed by atoms with Crippen LogP contribution in [0, 0.1) is 16.0 Å². The summed E-state index contributed by atoms with van der Waals surface area (Å²) < 4.78 is 5.21. The minimum atomic E-state index is -0.408. The van der Waals surface area contributed by atoms with Crippen molar-refractivity contribution < 1.29 is 14.5 Å². The molecule has 0 aromatic heterocycles. The summed E-state index contributed by atoms with van der Waals surface area (Å²) in [6.07, 6.45) is 0.769. The molecule has 2 rings (SSSR count). The minimum absolute atomic E-state index is 0.0613. The van der Waals surface area contributed by atoms with E-state index in [4.69, 9.17) is 4.74 Å². The van der Waals surface area contributed by atoms with E-state index in [-0.39, 0.29) is 17.6 Å². The van der Waals surface area contributed by atoms with Gasteiger partial charge in [0.05, 0.1) is 22.4 Å². The standard InChI is InChI=1S/C13H15BrN2O4/c1-20-13(17)10-4-5-15(8-10)7-9-2-3-11(14)12(6-9)16(18)19/h2-3,6,10H,4-5,7-8H2,1H3. The molecule has 0 radical (unpaired) electrons. The van der Waals surface area contributed by atoms with Gasteiger partial charge in [0.15, 0.2) is 0 Å². The number of halogens is 1. The van der Waals surface area contributed by atoms with E-state index < -0.39 is 4.92 Å². The third-order valence-electron chi connectivity index (χ3n) is 3.42. The zero-order valence-corrected chi connectivity index (χ0v) is 12.6. The van der Waals surface area contributed by atoms with Gasteiger partial charge in [0.25, 0.3) is 5.69 Å². The lowest BCUT2D eigenvalue weighted by molar-refractivity contribution is -0.385. The van der Waals surface area contributed by atoms with Crippen molar-refractivity contribution >= 4 is 27.6 Å². The highest BCUT2D eigenvalue weighted by Gasteiger charge is 2.29. The van der Waals surface area contributed by atoms with Crippen molar-refractivity contribution in [3.63, 3.8) is 0 Å². The highest BCUT2D eigenvalue weighted by atomic mass is 79.9. The van der Waals surface area contributed by atoms with Crippen molar-refractivity contribution in [3.05, 3.63) is 38.3 Å². The first-order valence-electron chi connectivity index (χ1n) is 6.24. The Morgan fingerprint density at radius 2 is 2.35 bits per heavy atom. The number of benzene rings is 1. The predicted molar refractivity (Wildman–Crippen MR) is 76.2 cm³/mol. The number of carbonyl (C=O) groups excluding carboxylic acids is 1. The zero-order chi connectivity index (χ0) is 14.7. The molecule has 108 valence electrons. The summed E-state index contributed by atoms with van der Waals surface area (Å²) in [5, 5.41) is 10.9. The SMILES string of the molecule is COC(=O)C1CCN(Cc2ccc(Br)c([N+](=O)[O-])c2)C1. The van der Waals surface area contributed by atoms with Crippen molar-refractivity contribution in [3.8, 4) is 0 Å². The first-order chi connectivity index (χ1) is 9.51. The molecule has 20 heavy (non-hydrogen) atoms. The molecular weight excluding hydrogens is 328 g/mol. The quantitative estimate of drug-likeness (QED) is 0.477. The molecule has 6 nitrogen and oxygen atoms in total. The Hall–Kier alpha value is -1.47. The summed E-state index contributed by atoms with van der Waals surface area (Å²) in [6, 6.07) is 5.10. The molecular formula is C13H15BrN2O4. The monoisotopic (exact) mass is 342 g/mol. The average Bonchev–Trinajstić information content (AvgIpc) is 2.88. The van der Waals surface area contributed by atoms with Crippen LogP contribution in [0.3, 0.4) is 0 Å². The molecule has 1 aromatic rings. The zero-order valence-electron chi connectivity index (χ0n) is 11.0. The third kappa shape index (κ3) is 3.34. The van der Waals surface area contributed by atoms with E-state index in [0.717, 1.165) is 18.5 Å². The molecule has 1 unspecified atom stereocenters. The molecule has 1 atom stereocenters. The highest BCUT2D eigenvalue weighted by Crippen LogP contribution is 2.27. The smallest absolute Gasteiger partial charge is 0.310 e. The van der Waals surface area contributed by atoms with E-state index in [1.807, 2.05) is 6.07 Å². The van der Waals surface area contributed by atoms with Crippen LogP contribution in [0.5, 0.6) is 0 Å². The number of rotatable bonds is 4. The number of hydrogen-bond donors (Lipinski definition) is 0. The maximum Gasteiger partial charge on any atom is 0.310 e. The Kier molecular flexibility index (Phi) is 4.72. The van der Waals surface area contributed by atoms with Crippen LogP contribution in [-0.2, 0) is 16.1 Å². The number of nitrogens with zero attached hydrogens (tertiary/aromatic N) is 2. The number of carbonyl (C=O) groups is 1. The van der Waals surface area contributed by atoms with Gasteiger partial charge < -0.3 is 4.74 Å². The predicted octanol–water partition coefficient (Wildman–Crippen LogP) is 2.35. The van der Waals surface area contributed by atoms with Crippen molar-refractivity contribution in [2.45, 2.75) is 13.0 Å². The number of likely N-dealkylation sites (tertiary alicyclic amines) is 1. The molecule has 0 N–H and O–H groups in total. The van der Waals surface area contributed by atoms with E-state index >= 15 is 0 Å². The normalized spacial score (nSPS) is 19.0. The fourth-order valence-electron chi connectivity index (χ4n) is 2.39. The van der Waals surface area contributed by atoms with Gasteiger partial charge in [-0.1, -0.05) is 6.07 Å². The van der Waals surface area contributed by atoms with Crippen LogP contribution >= 0.6 is 15.9 Å². The molecule has 1 aliphatic heterocycles. The van der Waals surface area contributed by atoms with Gasteiger partial charge in [0.2, 0.25) is 0 Å². The third-order valence-corrected chi connectivity index (χ3v) is 4.09. The second kappa shape index (κ2) is 6.32. The summed E-state index contributed by atoms with van der Waals surface area (Å²) in [7, 11) is 1.39. The van der Waals surface area contributed by atoms with Crippen LogP contribution in [0.1, 0.15) is 12.0 Å². The van der Waals surface area contributed by atoms with Crippen molar-refractivity contribution in [2.75, 3.05) is 20.2 Å². The molecule has 0 amide bonds. The average molecular weight is 343 g/mol. The van der Waals surface area contributed by atoms with Gasteiger partial charge >= 0.3 is 5.97 Å². The second-order valence-corrected chi connectivity index (χ2v) is 5.64. The molecule has 1 heterocycles. The molecule has 7 heteroatoms. The van der Waals surface area contributed by atoms with Gasteiger partial charge in [-0.25, -0.2) is 0 Å². The van der Waals surface area contributed by atoms with Gasteiger partial charge in [-0.15, -0.1) is 0 Å². The van der Waals surface area contributed by atoms with E-state index in [1.54, 1.807) is 12.1 Å². The van der Waals surface area contributed by atoms with Crippen molar-refractivity contribution in [2.24, 2.45) is 5.92 Å². The minimum Gasteiger partial charge on any atom is -0.469 e. The van der Waals surface area contributed by atoms with Crippen LogP contribution in [0.4, 0.5) is 5.69 Å². The highest BCUT2D eigenvalue weighted by molar-refractivity contribution is 9.10. The van der Waals surface area contributed by atoms with E-state index in [2.05, 4.69) is 20.8 Å². The molecule has 1 aliphatic rings. The van der Waals surface area contributed by atoms with Gasteiger partial charge in [-0.2, -0.15) is 0 Å². The Bertz CT molecular complexity index is 535. The number of methoxy groups -OCH3 is 1. The fraction of sp³-hybridized carbons (Fsp3) is 0.462. The summed E-state index contributed by atoms with van der Waals surface area (Å²) in [5.41, 5.74) is 0.927. The van der Waals surface area contributed by atoms with E-state index in [9.17, 15) is 14.9 Å². The Balaban J connectivity index is 2.03. The molecule has 1 fully saturated rings. The van der Waals surface area contributed by atoms with Gasteiger partial charge in [-0.05, 0) is 40.5 Å². The summed E-state index contributed by atoms with van der Waals surface area (Å²) in [6.45, 7) is 2.03. The summed E-state index contributed by atoms with van der Waals surface area (Å²) >= 11 is 3.17. The molecule has 1 aromatic carbocycles. The number of esters is 1.